The molecule has 0 aliphatic carbocycles. The summed E-state index contributed by atoms with van der Waals surface area (Å²) in [5.74, 6) is 0. The van der Waals surface area contributed by atoms with E-state index < -0.39 is 0 Å². The first-order valence-electron chi connectivity index (χ1n) is 3.66. The zero-order valence-corrected chi connectivity index (χ0v) is 7.45. The third-order valence-corrected chi connectivity index (χ3v) is 1.44. The van der Waals surface area contributed by atoms with Crippen LogP contribution in [-0.4, -0.2) is 18.8 Å². The smallest absolute Gasteiger partial charge is 0.148 e. The van der Waals surface area contributed by atoms with E-state index in [1.54, 1.807) is 0 Å². The number of hydrogen-bond donors (Lipinski definition) is 0. The van der Waals surface area contributed by atoms with E-state index in [1.165, 1.54) is 0 Å². The van der Waals surface area contributed by atoms with Crippen molar-refractivity contribution in [2.45, 2.75) is 32.1 Å². The van der Waals surface area contributed by atoms with E-state index in [2.05, 4.69) is 6.92 Å². The maximum Gasteiger partial charge on any atom is 0.148 e. The Hall–Kier alpha value is 0.270. The van der Waals surface area contributed by atoms with E-state index in [0.717, 1.165) is 12.8 Å². The van der Waals surface area contributed by atoms with Crippen LogP contribution >= 0.6 is 12.6 Å². The molecule has 10 heavy (non-hydrogen) atoms. The van der Waals surface area contributed by atoms with Crippen LogP contribution in [0.5, 0.6) is 0 Å². The molecule has 0 heterocycles. The van der Waals surface area contributed by atoms with Crippen molar-refractivity contribution in [2.24, 2.45) is 0 Å². The van der Waals surface area contributed by atoms with E-state index in [0.29, 0.717) is 13.4 Å². The summed E-state index contributed by atoms with van der Waals surface area (Å²) in [6.07, 6.45) is 2.00. The van der Waals surface area contributed by atoms with Crippen LogP contribution in [-0.2, 0) is 9.47 Å². The normalized spacial score (nSPS) is 13.5. The summed E-state index contributed by atoms with van der Waals surface area (Å²) in [6.45, 7) is 5.05. The first-order valence-corrected chi connectivity index (χ1v) is 4.13. The maximum atomic E-state index is 5.12. The predicted octanol–water partition coefficient (Wildman–Crippen LogP) is 2.32. The summed E-state index contributed by atoms with van der Waals surface area (Å²) < 4.78 is 10.1. The van der Waals surface area contributed by atoms with Crippen LogP contribution in [0.3, 0.4) is 0 Å². The average Bonchev–Trinajstić information content (AvgIpc) is 1.89. The summed E-state index contributed by atoms with van der Waals surface area (Å²) >= 11 is 4.95. The second-order valence-electron chi connectivity index (χ2n) is 2.00. The quantitative estimate of drug-likeness (QED) is 0.442. The molecule has 0 saturated heterocycles. The molecule has 0 aromatic carbocycles. The fourth-order valence-electron chi connectivity index (χ4n) is 0.526. The highest BCUT2D eigenvalue weighted by Crippen LogP contribution is 2.05. The Morgan fingerprint density at radius 3 is 2.60 bits per heavy atom. The van der Waals surface area contributed by atoms with Gasteiger partial charge in [-0.3, -0.25) is 0 Å². The SMILES string of the molecule is CCCC([S])OCOCC. The van der Waals surface area contributed by atoms with Crippen LogP contribution < -0.4 is 0 Å². The molecule has 1 radical (unpaired) electrons. The van der Waals surface area contributed by atoms with E-state index in [1.807, 2.05) is 6.92 Å². The molecule has 0 saturated carbocycles. The predicted molar refractivity (Wildman–Crippen MR) is 43.9 cm³/mol. The molecule has 1 atom stereocenters. The highest BCUT2D eigenvalue weighted by atomic mass is 32.1. The fraction of sp³-hybridized carbons (Fsp3) is 1.00. The van der Waals surface area contributed by atoms with Gasteiger partial charge in [-0.2, -0.15) is 0 Å². The molecular weight excluding hydrogens is 148 g/mol. The largest absolute Gasteiger partial charge is 0.356 e. The second-order valence-corrected chi connectivity index (χ2v) is 2.52. The van der Waals surface area contributed by atoms with Gasteiger partial charge in [0.1, 0.15) is 12.2 Å². The van der Waals surface area contributed by atoms with Crippen molar-refractivity contribution in [3.8, 4) is 0 Å². The van der Waals surface area contributed by atoms with Gasteiger partial charge in [-0.1, -0.05) is 26.0 Å². The van der Waals surface area contributed by atoms with Crippen molar-refractivity contribution in [1.29, 1.82) is 0 Å². The van der Waals surface area contributed by atoms with E-state index in [-0.39, 0.29) is 5.44 Å². The molecular formula is C7H15O2S. The van der Waals surface area contributed by atoms with Crippen LogP contribution in [0.15, 0.2) is 0 Å². The monoisotopic (exact) mass is 163 g/mol. The van der Waals surface area contributed by atoms with Gasteiger partial charge in [0, 0.05) is 6.61 Å². The minimum absolute atomic E-state index is 0.0726. The lowest BCUT2D eigenvalue weighted by Crippen LogP contribution is -2.08. The summed E-state index contributed by atoms with van der Waals surface area (Å²) in [4.78, 5) is 0. The summed E-state index contributed by atoms with van der Waals surface area (Å²) in [5.41, 5.74) is -0.0726. The van der Waals surface area contributed by atoms with Crippen molar-refractivity contribution in [3.63, 3.8) is 0 Å². The Morgan fingerprint density at radius 2 is 2.10 bits per heavy atom. The first kappa shape index (κ1) is 10.3. The van der Waals surface area contributed by atoms with Crippen LogP contribution in [0, 0.1) is 0 Å². The first-order chi connectivity index (χ1) is 4.81. The molecule has 0 bridgehead atoms. The third kappa shape index (κ3) is 6.39. The molecule has 1 unspecified atom stereocenters. The lowest BCUT2D eigenvalue weighted by Gasteiger charge is -2.08. The lowest BCUT2D eigenvalue weighted by atomic mass is 10.4. The van der Waals surface area contributed by atoms with Gasteiger partial charge in [0.2, 0.25) is 0 Å². The van der Waals surface area contributed by atoms with Gasteiger partial charge in [0.25, 0.3) is 0 Å². The van der Waals surface area contributed by atoms with Gasteiger partial charge in [0.15, 0.2) is 0 Å². The number of rotatable bonds is 6. The molecule has 0 amide bonds. The Kier molecular flexibility index (Phi) is 7.58. The molecule has 2 nitrogen and oxygen atoms in total. The minimum atomic E-state index is -0.0726. The molecule has 3 heteroatoms. The molecule has 0 aliphatic heterocycles. The average molecular weight is 163 g/mol. The Balaban J connectivity index is 2.97. The summed E-state index contributed by atoms with van der Waals surface area (Å²) in [5, 5.41) is 0. The zero-order valence-electron chi connectivity index (χ0n) is 6.63. The van der Waals surface area contributed by atoms with Crippen LogP contribution in [0.2, 0.25) is 0 Å². The highest BCUT2D eigenvalue weighted by Gasteiger charge is 2.00. The highest BCUT2D eigenvalue weighted by molar-refractivity contribution is 7.80. The van der Waals surface area contributed by atoms with Gasteiger partial charge in [0.05, 0.1) is 0 Å². The molecule has 0 fully saturated rings. The van der Waals surface area contributed by atoms with Gasteiger partial charge < -0.3 is 9.47 Å². The van der Waals surface area contributed by atoms with Gasteiger partial charge in [-0.15, -0.1) is 0 Å². The van der Waals surface area contributed by atoms with Crippen molar-refractivity contribution < 1.29 is 9.47 Å². The molecule has 0 aliphatic rings. The summed E-state index contributed by atoms with van der Waals surface area (Å²) in [6, 6.07) is 0. The van der Waals surface area contributed by atoms with Crippen molar-refractivity contribution in [1.82, 2.24) is 0 Å². The fourth-order valence-corrected chi connectivity index (χ4v) is 0.818. The minimum Gasteiger partial charge on any atom is -0.356 e. The van der Waals surface area contributed by atoms with Crippen LogP contribution in [0.4, 0.5) is 0 Å². The Morgan fingerprint density at radius 1 is 1.40 bits per heavy atom. The number of hydrogen-bond acceptors (Lipinski definition) is 2. The molecule has 0 aromatic heterocycles. The van der Waals surface area contributed by atoms with E-state index >= 15 is 0 Å². The number of ether oxygens (including phenoxy) is 2. The molecule has 0 spiro atoms. The van der Waals surface area contributed by atoms with Crippen LogP contribution in [0.1, 0.15) is 26.7 Å². The molecule has 0 N–H and O–H groups in total. The van der Waals surface area contributed by atoms with Gasteiger partial charge in [-0.25, -0.2) is 0 Å². The second kappa shape index (κ2) is 7.38. The zero-order chi connectivity index (χ0) is 7.82. The Bertz CT molecular complexity index is 68.6. The topological polar surface area (TPSA) is 18.5 Å². The van der Waals surface area contributed by atoms with Crippen molar-refractivity contribution in [3.05, 3.63) is 0 Å². The lowest BCUT2D eigenvalue weighted by molar-refractivity contribution is -0.0604. The van der Waals surface area contributed by atoms with Crippen LogP contribution in [0.25, 0.3) is 0 Å². The summed E-state index contributed by atoms with van der Waals surface area (Å²) in [7, 11) is 0. The third-order valence-electron chi connectivity index (χ3n) is 1.07. The van der Waals surface area contributed by atoms with Crippen molar-refractivity contribution in [2.75, 3.05) is 13.4 Å². The maximum absolute atomic E-state index is 5.12. The van der Waals surface area contributed by atoms with Gasteiger partial charge >= 0.3 is 0 Å². The molecule has 61 valence electrons. The van der Waals surface area contributed by atoms with Crippen molar-refractivity contribution >= 4 is 12.6 Å². The van der Waals surface area contributed by atoms with E-state index in [9.17, 15) is 0 Å². The Labute approximate surface area is 68.3 Å². The van der Waals surface area contributed by atoms with E-state index in [4.69, 9.17) is 22.1 Å². The van der Waals surface area contributed by atoms with Gasteiger partial charge in [-0.05, 0) is 13.3 Å². The standard InChI is InChI=1S/C7H15O2S/c1-3-5-7(10)9-6-8-4-2/h7H,3-6H2,1-2H3. The molecule has 0 rings (SSSR count). The molecule has 0 aromatic rings.